The van der Waals surface area contributed by atoms with E-state index < -0.39 is 0 Å². The summed E-state index contributed by atoms with van der Waals surface area (Å²) in [6.45, 7) is 0. The Labute approximate surface area is 674 Å². The highest BCUT2D eigenvalue weighted by molar-refractivity contribution is 6.09. The average Bonchev–Trinajstić information content (AvgIpc) is 0.881. The number of para-hydroxylation sites is 4. The minimum atomic E-state index is 0.877. The van der Waals surface area contributed by atoms with Crippen molar-refractivity contribution in [1.82, 2.24) is 24.9 Å². The van der Waals surface area contributed by atoms with Crippen LogP contribution in [-0.4, -0.2) is 24.9 Å². The summed E-state index contributed by atoms with van der Waals surface area (Å²) in [5.74, 6) is 0. The molecule has 0 aliphatic carbocycles. The summed E-state index contributed by atoms with van der Waals surface area (Å²) in [6, 6.07) is 143. The Hall–Kier alpha value is -15.8. The van der Waals surface area contributed by atoms with Crippen molar-refractivity contribution in [1.29, 1.82) is 0 Å². The van der Waals surface area contributed by atoms with Crippen LogP contribution in [0.3, 0.4) is 0 Å². The Bertz CT molecular complexity index is 7590. The molecule has 117 heavy (non-hydrogen) atoms. The van der Waals surface area contributed by atoms with Gasteiger partial charge in [-0.2, -0.15) is 0 Å². The lowest BCUT2D eigenvalue weighted by Crippen LogP contribution is -1.95. The monoisotopic (exact) mass is 1500 g/mol. The number of fused-ring (bicyclic) bond motifs is 12. The number of hydrogen-bond donors (Lipinski definition) is 0. The zero-order chi connectivity index (χ0) is 77.5. The van der Waals surface area contributed by atoms with Gasteiger partial charge in [-0.15, -0.1) is 0 Å². The predicted octanol–water partition coefficient (Wildman–Crippen LogP) is 29.5. The molecule has 0 radical (unpaired) electrons. The normalized spacial score (nSPS) is 11.4. The minimum absolute atomic E-state index is 0.877. The fourth-order valence-electron chi connectivity index (χ4n) is 16.2. The third-order valence-corrected chi connectivity index (χ3v) is 22.1. The zero-order valence-corrected chi connectivity index (χ0v) is 63.3. The van der Waals surface area contributed by atoms with Crippen molar-refractivity contribution in [3.05, 3.63) is 419 Å². The quantitative estimate of drug-likeness (QED) is 0.126. The Morgan fingerprint density at radius 2 is 0.530 bits per heavy atom. The van der Waals surface area contributed by atoms with Gasteiger partial charge in [-0.1, -0.05) is 322 Å². The van der Waals surface area contributed by atoms with Crippen molar-refractivity contribution >= 4 is 98.7 Å². The maximum atomic E-state index is 6.03. The SMILES string of the molecule is c1ccc(-c2cc3cccc(-c4ccc(-c5ccc6oc7ccccc7c6c5)cc4)c3nc2-c2ccccc2)cc1.c1ccc(-c2nc(-c3ccc(-c4ccc5oc6ccccc6c5c4)cc3)cc3ncccc23)cc1.c1ccc(-c2nc3ccc(-c4ccc(-c5ccc6oc7ccccc7c6c5)cc4)cc3nc2-c2ccccc2)cc1. The maximum absolute atomic E-state index is 6.03. The van der Waals surface area contributed by atoms with Crippen molar-refractivity contribution in [3.8, 4) is 123 Å². The first-order chi connectivity index (χ1) is 57.9. The van der Waals surface area contributed by atoms with E-state index in [1.807, 2.05) is 115 Å². The van der Waals surface area contributed by atoms with Gasteiger partial charge in [0.15, 0.2) is 0 Å². The molecular formula is C109H69N5O3. The van der Waals surface area contributed by atoms with Crippen LogP contribution < -0.4 is 0 Å². The third kappa shape index (κ3) is 13.4. The molecule has 8 heteroatoms. The molecular weight excluding hydrogens is 1430 g/mol. The second-order valence-corrected chi connectivity index (χ2v) is 29.3. The van der Waals surface area contributed by atoms with Gasteiger partial charge in [0, 0.05) is 88.2 Å². The van der Waals surface area contributed by atoms with E-state index in [4.69, 9.17) is 33.2 Å². The van der Waals surface area contributed by atoms with Gasteiger partial charge in [0.05, 0.1) is 50.5 Å². The van der Waals surface area contributed by atoms with Crippen LogP contribution in [0.4, 0.5) is 0 Å². The predicted molar refractivity (Wildman–Crippen MR) is 482 cm³/mol. The largest absolute Gasteiger partial charge is 0.456 e. The Morgan fingerprint density at radius 3 is 1.01 bits per heavy atom. The molecule has 0 aliphatic heterocycles. The van der Waals surface area contributed by atoms with Gasteiger partial charge < -0.3 is 13.3 Å². The molecule has 0 saturated heterocycles. The van der Waals surface area contributed by atoms with Crippen LogP contribution in [0.25, 0.3) is 222 Å². The molecule has 0 fully saturated rings. The topological polar surface area (TPSA) is 104 Å². The Morgan fingerprint density at radius 1 is 0.171 bits per heavy atom. The lowest BCUT2D eigenvalue weighted by Gasteiger charge is -2.14. The Balaban J connectivity index is 0.000000110. The molecule has 0 bridgehead atoms. The molecule has 0 aliphatic rings. The highest BCUT2D eigenvalue weighted by Crippen LogP contribution is 2.42. The van der Waals surface area contributed by atoms with Gasteiger partial charge in [0.2, 0.25) is 0 Å². The molecule has 23 rings (SSSR count). The van der Waals surface area contributed by atoms with Crippen LogP contribution in [0.1, 0.15) is 0 Å². The van der Waals surface area contributed by atoms with Crippen molar-refractivity contribution in [2.24, 2.45) is 0 Å². The molecule has 548 valence electrons. The number of nitrogens with zero attached hydrogens (tertiary/aromatic N) is 5. The van der Waals surface area contributed by atoms with Gasteiger partial charge in [-0.05, 0) is 147 Å². The van der Waals surface area contributed by atoms with E-state index in [9.17, 15) is 0 Å². The first kappa shape index (κ1) is 69.2. The van der Waals surface area contributed by atoms with Crippen molar-refractivity contribution in [2.75, 3.05) is 0 Å². The standard InChI is InChI=1S/C39H25NO.C38H24N2O.C32H20N2O/c1-3-10-27(11-4-1)34-25-31-14-9-16-32(39(31)40-38(34)29-12-5-2-6-13-29)28-20-18-26(19-21-28)30-22-23-37-35(24-30)33-15-7-8-17-36(33)41-37;1-3-9-27(10-4-1)37-38(28-11-5-2-6-12-28)40-34-24-30(19-21-33(34)39-37)26-17-15-25(16-18-26)29-20-22-36-32(23-29)31-13-7-8-14-35(31)41-36;1-2-7-23(8-3-1)32-26-10-6-18-33-29(26)20-28(34-32)22-14-12-21(13-15-22)24-16-17-31-27(19-24)25-9-4-5-11-30(25)35-31/h1-25H;1-24H;1-20H. The number of benzene rings is 16. The number of pyridine rings is 3. The molecule has 0 N–H and O–H groups in total. The van der Waals surface area contributed by atoms with Crippen LogP contribution >= 0.6 is 0 Å². The lowest BCUT2D eigenvalue weighted by molar-refractivity contribution is 0.668. The van der Waals surface area contributed by atoms with Crippen LogP contribution in [0.2, 0.25) is 0 Å². The zero-order valence-electron chi connectivity index (χ0n) is 63.3. The summed E-state index contributed by atoms with van der Waals surface area (Å²) >= 11 is 0. The molecule has 7 heterocycles. The summed E-state index contributed by atoms with van der Waals surface area (Å²) in [4.78, 5) is 25.2. The first-order valence-electron chi connectivity index (χ1n) is 39.3. The molecule has 0 unspecified atom stereocenters. The second-order valence-electron chi connectivity index (χ2n) is 29.3. The van der Waals surface area contributed by atoms with Gasteiger partial charge in [-0.25, -0.2) is 19.9 Å². The molecule has 0 amide bonds. The highest BCUT2D eigenvalue weighted by atomic mass is 16.3. The molecule has 0 spiro atoms. The number of furan rings is 3. The smallest absolute Gasteiger partial charge is 0.135 e. The lowest BCUT2D eigenvalue weighted by atomic mass is 9.94. The fraction of sp³-hybridized carbons (Fsp3) is 0. The van der Waals surface area contributed by atoms with Crippen LogP contribution in [0, 0.1) is 0 Å². The van der Waals surface area contributed by atoms with Crippen LogP contribution in [-0.2, 0) is 0 Å². The molecule has 0 saturated carbocycles. The minimum Gasteiger partial charge on any atom is -0.456 e. The highest BCUT2D eigenvalue weighted by Gasteiger charge is 2.20. The summed E-state index contributed by atoms with van der Waals surface area (Å²) < 4.78 is 18.0. The number of hydrogen-bond acceptors (Lipinski definition) is 8. The van der Waals surface area contributed by atoms with Crippen molar-refractivity contribution < 1.29 is 13.3 Å². The van der Waals surface area contributed by atoms with E-state index >= 15 is 0 Å². The van der Waals surface area contributed by atoms with Crippen LogP contribution in [0.5, 0.6) is 0 Å². The molecule has 8 nitrogen and oxygen atoms in total. The van der Waals surface area contributed by atoms with E-state index in [0.29, 0.717) is 0 Å². The number of aromatic nitrogens is 5. The summed E-state index contributed by atoms with van der Waals surface area (Å²) in [5, 5.41) is 9.03. The van der Waals surface area contributed by atoms with Gasteiger partial charge >= 0.3 is 0 Å². The van der Waals surface area contributed by atoms with E-state index in [0.717, 1.165) is 199 Å². The summed E-state index contributed by atoms with van der Waals surface area (Å²) in [7, 11) is 0. The van der Waals surface area contributed by atoms with E-state index in [-0.39, 0.29) is 0 Å². The molecule has 16 aromatic carbocycles. The van der Waals surface area contributed by atoms with Gasteiger partial charge in [0.1, 0.15) is 33.5 Å². The van der Waals surface area contributed by atoms with E-state index in [1.54, 1.807) is 0 Å². The van der Waals surface area contributed by atoms with Crippen molar-refractivity contribution in [2.45, 2.75) is 0 Å². The summed E-state index contributed by atoms with van der Waals surface area (Å²) in [5.41, 5.74) is 33.0. The van der Waals surface area contributed by atoms with E-state index in [1.165, 1.54) is 22.3 Å². The van der Waals surface area contributed by atoms with Gasteiger partial charge in [0.25, 0.3) is 0 Å². The van der Waals surface area contributed by atoms with Crippen molar-refractivity contribution in [3.63, 3.8) is 0 Å². The average molecular weight is 1500 g/mol. The molecule has 0 atom stereocenters. The van der Waals surface area contributed by atoms with E-state index in [2.05, 4.69) is 308 Å². The molecule has 23 aromatic rings. The third-order valence-electron chi connectivity index (χ3n) is 22.1. The molecule has 7 aromatic heterocycles. The first-order valence-corrected chi connectivity index (χ1v) is 39.3. The fourth-order valence-corrected chi connectivity index (χ4v) is 16.2. The second kappa shape index (κ2) is 30.0. The summed E-state index contributed by atoms with van der Waals surface area (Å²) in [6.07, 6.45) is 1.83. The maximum Gasteiger partial charge on any atom is 0.135 e. The number of rotatable bonds is 11. The van der Waals surface area contributed by atoms with Gasteiger partial charge in [-0.3, -0.25) is 4.98 Å². The Kier molecular flexibility index (Phi) is 17.8. The van der Waals surface area contributed by atoms with Crippen LogP contribution in [0.15, 0.2) is 432 Å².